The molecule has 2 aliphatic rings. The van der Waals surface area contributed by atoms with Crippen molar-refractivity contribution in [2.75, 3.05) is 7.11 Å². The highest BCUT2D eigenvalue weighted by molar-refractivity contribution is 5.52. The highest BCUT2D eigenvalue weighted by atomic mass is 16.5. The lowest BCUT2D eigenvalue weighted by Gasteiger charge is -2.50. The Bertz CT molecular complexity index is 643. The first-order chi connectivity index (χ1) is 10.1. The lowest BCUT2D eigenvalue weighted by atomic mass is 9.52. The molecule has 0 radical (unpaired) electrons. The van der Waals surface area contributed by atoms with E-state index < -0.39 is 5.41 Å². The van der Waals surface area contributed by atoms with E-state index in [4.69, 9.17) is 4.74 Å². The average Bonchev–Trinajstić information content (AvgIpc) is 2.51. The molecule has 1 unspecified atom stereocenters. The van der Waals surface area contributed by atoms with Gasteiger partial charge in [0.2, 0.25) is 5.88 Å². The third-order valence-electron chi connectivity index (χ3n) is 5.59. The average molecular weight is 282 g/mol. The summed E-state index contributed by atoms with van der Waals surface area (Å²) in [6, 6.07) is 6.58. The SMILES string of the molecule is C/C=C1\[C@@H]2Cc3nc(OC)ccc3[C@@]1(C#N)CC(C)[C@@H]2C. The van der Waals surface area contributed by atoms with E-state index in [1.165, 1.54) is 5.57 Å². The number of methoxy groups -OCH3 is 1. The number of nitriles is 1. The molecule has 0 aromatic carbocycles. The Labute approximate surface area is 126 Å². The number of aromatic nitrogens is 1. The molecule has 0 aliphatic heterocycles. The van der Waals surface area contributed by atoms with Crippen LogP contribution in [0, 0.1) is 29.1 Å². The largest absolute Gasteiger partial charge is 0.481 e. The van der Waals surface area contributed by atoms with Gasteiger partial charge in [-0.3, -0.25) is 0 Å². The van der Waals surface area contributed by atoms with Crippen LogP contribution < -0.4 is 4.74 Å². The van der Waals surface area contributed by atoms with Crippen molar-refractivity contribution in [3.05, 3.63) is 35.0 Å². The zero-order chi connectivity index (χ0) is 15.2. The minimum Gasteiger partial charge on any atom is -0.481 e. The molecule has 110 valence electrons. The van der Waals surface area contributed by atoms with Crippen LogP contribution in [0.25, 0.3) is 0 Å². The molecule has 1 aromatic rings. The van der Waals surface area contributed by atoms with Gasteiger partial charge in [0.1, 0.15) is 5.41 Å². The second kappa shape index (κ2) is 4.87. The van der Waals surface area contributed by atoms with Gasteiger partial charge in [0.25, 0.3) is 0 Å². The van der Waals surface area contributed by atoms with Crippen LogP contribution in [0.4, 0.5) is 0 Å². The number of hydrogen-bond donors (Lipinski definition) is 0. The lowest BCUT2D eigenvalue weighted by Crippen LogP contribution is -2.47. The molecule has 3 rings (SSSR count). The minimum absolute atomic E-state index is 0.422. The highest BCUT2D eigenvalue weighted by Gasteiger charge is 2.52. The molecular formula is C18H22N2O. The molecule has 21 heavy (non-hydrogen) atoms. The molecule has 0 N–H and O–H groups in total. The van der Waals surface area contributed by atoms with Crippen molar-refractivity contribution in [1.29, 1.82) is 5.26 Å². The predicted molar refractivity (Wildman–Crippen MR) is 82.0 cm³/mol. The monoisotopic (exact) mass is 282 g/mol. The van der Waals surface area contributed by atoms with Gasteiger partial charge in [0, 0.05) is 6.07 Å². The number of nitrogens with zero attached hydrogens (tertiary/aromatic N) is 2. The molecule has 2 aliphatic carbocycles. The first-order valence-corrected chi connectivity index (χ1v) is 7.69. The molecule has 0 spiro atoms. The van der Waals surface area contributed by atoms with Gasteiger partial charge in [0.15, 0.2) is 0 Å². The van der Waals surface area contributed by atoms with Gasteiger partial charge in [0.05, 0.1) is 18.9 Å². The second-order valence-electron chi connectivity index (χ2n) is 6.46. The summed E-state index contributed by atoms with van der Waals surface area (Å²) >= 11 is 0. The summed E-state index contributed by atoms with van der Waals surface area (Å²) < 4.78 is 5.26. The van der Waals surface area contributed by atoms with Gasteiger partial charge in [-0.15, -0.1) is 0 Å². The maximum absolute atomic E-state index is 10.0. The van der Waals surface area contributed by atoms with E-state index in [2.05, 4.69) is 37.9 Å². The van der Waals surface area contributed by atoms with Crippen LogP contribution in [0.2, 0.25) is 0 Å². The summed E-state index contributed by atoms with van der Waals surface area (Å²) in [6.45, 7) is 6.66. The molecule has 1 aromatic heterocycles. The van der Waals surface area contributed by atoms with Crippen molar-refractivity contribution in [1.82, 2.24) is 4.98 Å². The van der Waals surface area contributed by atoms with Gasteiger partial charge in [-0.05, 0) is 54.7 Å². The van der Waals surface area contributed by atoms with Crippen LogP contribution in [-0.2, 0) is 11.8 Å². The standard InChI is InChI=1S/C18H22N2O/c1-5-14-13-8-16-15(6-7-17(20-16)21-4)18(14,10-19)9-11(2)12(13)3/h5-7,11-13H,8-9H2,1-4H3/b14-5+/t11?,12-,13+,18+/m0/s1. The van der Waals surface area contributed by atoms with E-state index in [0.29, 0.717) is 23.6 Å². The van der Waals surface area contributed by atoms with Gasteiger partial charge < -0.3 is 4.74 Å². The van der Waals surface area contributed by atoms with Crippen molar-refractivity contribution in [3.8, 4) is 11.9 Å². The fourth-order valence-electron chi connectivity index (χ4n) is 4.32. The van der Waals surface area contributed by atoms with Crippen molar-refractivity contribution < 1.29 is 4.74 Å². The Morgan fingerprint density at radius 2 is 2.19 bits per heavy atom. The number of pyridine rings is 1. The van der Waals surface area contributed by atoms with Gasteiger partial charge in [-0.25, -0.2) is 4.98 Å². The Morgan fingerprint density at radius 3 is 2.81 bits per heavy atom. The van der Waals surface area contributed by atoms with Crippen LogP contribution in [-0.4, -0.2) is 12.1 Å². The molecular weight excluding hydrogens is 260 g/mol. The maximum Gasteiger partial charge on any atom is 0.213 e. The summed E-state index contributed by atoms with van der Waals surface area (Å²) in [5.74, 6) is 2.20. The number of hydrogen-bond acceptors (Lipinski definition) is 3. The quantitative estimate of drug-likeness (QED) is 0.739. The summed E-state index contributed by atoms with van der Waals surface area (Å²) in [6.07, 6.45) is 3.98. The van der Waals surface area contributed by atoms with Gasteiger partial charge in [-0.1, -0.05) is 19.9 Å². The molecule has 3 heteroatoms. The minimum atomic E-state index is -0.488. The van der Waals surface area contributed by atoms with E-state index in [-0.39, 0.29) is 0 Å². The van der Waals surface area contributed by atoms with E-state index in [1.54, 1.807) is 7.11 Å². The molecule has 2 bridgehead atoms. The fraction of sp³-hybridized carbons (Fsp3) is 0.556. The zero-order valence-electron chi connectivity index (χ0n) is 13.2. The Balaban J connectivity index is 2.25. The summed E-state index contributed by atoms with van der Waals surface area (Å²) in [5.41, 5.74) is 2.95. The molecule has 3 nitrogen and oxygen atoms in total. The molecule has 0 amide bonds. The third-order valence-corrected chi connectivity index (χ3v) is 5.59. The Hall–Kier alpha value is -1.82. The Kier molecular flexibility index (Phi) is 3.28. The highest BCUT2D eigenvalue weighted by Crippen LogP contribution is 2.55. The van der Waals surface area contributed by atoms with E-state index in [9.17, 15) is 5.26 Å². The summed E-state index contributed by atoms with van der Waals surface area (Å²) in [4.78, 5) is 4.63. The number of ether oxygens (including phenoxy) is 1. The van der Waals surface area contributed by atoms with E-state index >= 15 is 0 Å². The van der Waals surface area contributed by atoms with Crippen LogP contribution >= 0.6 is 0 Å². The van der Waals surface area contributed by atoms with Crippen molar-refractivity contribution in [2.24, 2.45) is 17.8 Å². The maximum atomic E-state index is 10.0. The normalized spacial score (nSPS) is 36.0. The van der Waals surface area contributed by atoms with Crippen LogP contribution in [0.1, 0.15) is 38.4 Å². The fourth-order valence-corrected chi connectivity index (χ4v) is 4.32. The predicted octanol–water partition coefficient (Wildman–Crippen LogP) is 3.65. The number of fused-ring (bicyclic) bond motifs is 4. The molecule has 1 saturated carbocycles. The Morgan fingerprint density at radius 1 is 1.43 bits per heavy atom. The summed E-state index contributed by atoms with van der Waals surface area (Å²) in [7, 11) is 1.64. The second-order valence-corrected chi connectivity index (χ2v) is 6.46. The van der Waals surface area contributed by atoms with Crippen molar-refractivity contribution >= 4 is 0 Å². The molecule has 0 saturated heterocycles. The van der Waals surface area contributed by atoms with Gasteiger partial charge >= 0.3 is 0 Å². The molecule has 1 heterocycles. The van der Waals surface area contributed by atoms with Crippen LogP contribution in [0.3, 0.4) is 0 Å². The van der Waals surface area contributed by atoms with Crippen molar-refractivity contribution in [2.45, 2.75) is 39.0 Å². The topological polar surface area (TPSA) is 45.9 Å². The molecule has 1 fully saturated rings. The zero-order valence-corrected chi connectivity index (χ0v) is 13.2. The smallest absolute Gasteiger partial charge is 0.213 e. The van der Waals surface area contributed by atoms with Crippen LogP contribution in [0.15, 0.2) is 23.8 Å². The van der Waals surface area contributed by atoms with E-state index in [0.717, 1.165) is 24.1 Å². The number of allylic oxidation sites excluding steroid dienone is 2. The van der Waals surface area contributed by atoms with Gasteiger partial charge in [-0.2, -0.15) is 5.26 Å². The van der Waals surface area contributed by atoms with Crippen molar-refractivity contribution in [3.63, 3.8) is 0 Å². The van der Waals surface area contributed by atoms with E-state index in [1.807, 2.05) is 12.1 Å². The number of rotatable bonds is 1. The first-order valence-electron chi connectivity index (χ1n) is 7.69. The van der Waals surface area contributed by atoms with Crippen LogP contribution in [0.5, 0.6) is 5.88 Å². The third kappa shape index (κ3) is 1.82. The lowest BCUT2D eigenvalue weighted by molar-refractivity contribution is 0.179. The molecule has 4 atom stereocenters. The first kappa shape index (κ1) is 14.1. The summed E-state index contributed by atoms with van der Waals surface area (Å²) in [5, 5.41) is 10.0.